The summed E-state index contributed by atoms with van der Waals surface area (Å²) >= 11 is 0. The number of nitrogens with one attached hydrogen (secondary N) is 1. The number of benzene rings is 2. The molecule has 1 aromatic heterocycles. The molecular weight excluding hydrogens is 364 g/mol. The Bertz CT molecular complexity index is 1010. The third kappa shape index (κ3) is 4.93. The zero-order chi connectivity index (χ0) is 20.2. The van der Waals surface area contributed by atoms with E-state index < -0.39 is 0 Å². The molecular formula is C24H26N2O3. The molecule has 1 saturated carbocycles. The highest BCUT2D eigenvalue weighted by Crippen LogP contribution is 2.27. The molecule has 1 amide bonds. The van der Waals surface area contributed by atoms with E-state index in [1.54, 1.807) is 0 Å². The number of ether oxygens (including phenoxy) is 1. The quantitative estimate of drug-likeness (QED) is 0.614. The minimum absolute atomic E-state index is 0.000353. The number of hydrogen-bond acceptors (Lipinski definition) is 4. The van der Waals surface area contributed by atoms with Crippen LogP contribution < -0.4 is 10.1 Å². The number of fused-ring (bicyclic) bond motifs is 1. The Kier molecular flexibility index (Phi) is 5.76. The van der Waals surface area contributed by atoms with Crippen molar-refractivity contribution in [2.45, 2.75) is 38.6 Å². The lowest BCUT2D eigenvalue weighted by atomic mass is 10.0. The molecule has 0 bridgehead atoms. The van der Waals surface area contributed by atoms with Gasteiger partial charge in [-0.2, -0.15) is 0 Å². The van der Waals surface area contributed by atoms with Crippen LogP contribution in [0.3, 0.4) is 0 Å². The zero-order valence-corrected chi connectivity index (χ0v) is 16.6. The number of amides is 1. The van der Waals surface area contributed by atoms with Crippen LogP contribution in [0.4, 0.5) is 0 Å². The Hall–Kier alpha value is -2.92. The fraction of sp³-hybridized carbons (Fsp3) is 0.333. The summed E-state index contributed by atoms with van der Waals surface area (Å²) in [6, 6.07) is 16.5. The van der Waals surface area contributed by atoms with Crippen molar-refractivity contribution in [1.29, 1.82) is 0 Å². The van der Waals surface area contributed by atoms with Crippen LogP contribution in [0, 0.1) is 6.92 Å². The molecule has 0 unspecified atom stereocenters. The fourth-order valence-corrected chi connectivity index (χ4v) is 3.42. The molecule has 2 aromatic carbocycles. The number of rotatable bonds is 8. The van der Waals surface area contributed by atoms with Crippen LogP contribution in [0.25, 0.3) is 22.2 Å². The Morgan fingerprint density at radius 1 is 1.17 bits per heavy atom. The normalized spacial score (nSPS) is 13.4. The van der Waals surface area contributed by atoms with Gasteiger partial charge in [0.2, 0.25) is 5.91 Å². The summed E-state index contributed by atoms with van der Waals surface area (Å²) in [5, 5.41) is 13.0. The number of carbonyl (C=O) groups is 1. The van der Waals surface area contributed by atoms with Gasteiger partial charge in [-0.1, -0.05) is 6.07 Å². The van der Waals surface area contributed by atoms with E-state index in [-0.39, 0.29) is 19.1 Å². The van der Waals surface area contributed by atoms with Crippen LogP contribution in [-0.4, -0.2) is 35.3 Å². The second-order valence-corrected chi connectivity index (χ2v) is 7.61. The first-order valence-electron chi connectivity index (χ1n) is 10.2. The zero-order valence-electron chi connectivity index (χ0n) is 16.6. The molecule has 0 atom stereocenters. The molecule has 0 saturated heterocycles. The average Bonchev–Trinajstić information content (AvgIpc) is 3.55. The molecule has 1 fully saturated rings. The van der Waals surface area contributed by atoms with E-state index in [4.69, 9.17) is 14.8 Å². The Balaban J connectivity index is 1.50. The third-order valence-electron chi connectivity index (χ3n) is 5.17. The van der Waals surface area contributed by atoms with Crippen LogP contribution in [0.5, 0.6) is 5.75 Å². The molecule has 4 rings (SSSR count). The molecule has 1 heterocycles. The van der Waals surface area contributed by atoms with E-state index in [1.807, 2.05) is 30.3 Å². The van der Waals surface area contributed by atoms with Crippen molar-refractivity contribution < 1.29 is 14.6 Å². The number of aliphatic hydroxyl groups excluding tert-OH is 1. The lowest BCUT2D eigenvalue weighted by Gasteiger charge is -2.10. The van der Waals surface area contributed by atoms with Gasteiger partial charge in [-0.15, -0.1) is 0 Å². The first kappa shape index (κ1) is 19.4. The number of hydrogen-bond donors (Lipinski definition) is 2. The highest BCUT2D eigenvalue weighted by Gasteiger charge is 2.22. The number of pyridine rings is 1. The summed E-state index contributed by atoms with van der Waals surface area (Å²) in [6.07, 6.45) is 3.50. The van der Waals surface area contributed by atoms with Crippen molar-refractivity contribution in [2.75, 3.05) is 13.2 Å². The van der Waals surface area contributed by atoms with Gasteiger partial charge in [0, 0.05) is 23.4 Å². The van der Waals surface area contributed by atoms with Crippen molar-refractivity contribution >= 4 is 16.8 Å². The van der Waals surface area contributed by atoms with E-state index in [2.05, 4.69) is 30.4 Å². The summed E-state index contributed by atoms with van der Waals surface area (Å²) in [5.41, 5.74) is 5.21. The standard InChI is InChI=1S/C24H26N2O3/c1-16-14-23(18-4-8-20(9-5-18)29-13-12-27)26-22-10-2-17(15-21(16)22)3-11-24(28)25-19-6-7-19/h2,4-5,8-10,14-15,19,27H,3,6-7,11-13H2,1H3,(H,25,28). The molecule has 1 aliphatic rings. The third-order valence-corrected chi connectivity index (χ3v) is 5.17. The largest absolute Gasteiger partial charge is 0.491 e. The predicted octanol–water partition coefficient (Wildman–Crippen LogP) is 3.79. The minimum Gasteiger partial charge on any atom is -0.491 e. The lowest BCUT2D eigenvalue weighted by molar-refractivity contribution is -0.121. The second kappa shape index (κ2) is 8.62. The highest BCUT2D eigenvalue weighted by atomic mass is 16.5. The second-order valence-electron chi connectivity index (χ2n) is 7.61. The maximum Gasteiger partial charge on any atom is 0.220 e. The lowest BCUT2D eigenvalue weighted by Crippen LogP contribution is -2.25. The topological polar surface area (TPSA) is 71.5 Å². The smallest absolute Gasteiger partial charge is 0.220 e. The molecule has 0 aliphatic heterocycles. The molecule has 1 aliphatic carbocycles. The van der Waals surface area contributed by atoms with Crippen molar-refractivity contribution in [3.05, 3.63) is 59.7 Å². The number of aromatic nitrogens is 1. The number of nitrogens with zero attached hydrogens (tertiary/aromatic N) is 1. The van der Waals surface area contributed by atoms with Gasteiger partial charge in [-0.05, 0) is 79.8 Å². The summed E-state index contributed by atoms with van der Waals surface area (Å²) in [5.74, 6) is 0.875. The Labute approximate surface area is 170 Å². The molecule has 5 heteroatoms. The molecule has 150 valence electrons. The fourth-order valence-electron chi connectivity index (χ4n) is 3.42. The molecule has 5 nitrogen and oxygen atoms in total. The van der Waals surface area contributed by atoms with Crippen molar-refractivity contribution in [3.63, 3.8) is 0 Å². The van der Waals surface area contributed by atoms with Crippen molar-refractivity contribution in [1.82, 2.24) is 10.3 Å². The first-order valence-corrected chi connectivity index (χ1v) is 10.2. The van der Waals surface area contributed by atoms with Crippen LogP contribution in [0.15, 0.2) is 48.5 Å². The van der Waals surface area contributed by atoms with Crippen molar-refractivity contribution in [2.24, 2.45) is 0 Å². The van der Waals surface area contributed by atoms with Gasteiger partial charge in [0.15, 0.2) is 0 Å². The van der Waals surface area contributed by atoms with Crippen LogP contribution in [-0.2, 0) is 11.2 Å². The summed E-state index contributed by atoms with van der Waals surface area (Å²) in [7, 11) is 0. The minimum atomic E-state index is 0.000353. The monoisotopic (exact) mass is 390 g/mol. The SMILES string of the molecule is Cc1cc(-c2ccc(OCCO)cc2)nc2ccc(CCC(=O)NC3CC3)cc12. The van der Waals surface area contributed by atoms with Crippen LogP contribution in [0.2, 0.25) is 0 Å². The van der Waals surface area contributed by atoms with Gasteiger partial charge in [0.25, 0.3) is 0 Å². The highest BCUT2D eigenvalue weighted by molar-refractivity contribution is 5.86. The van der Waals surface area contributed by atoms with E-state index >= 15 is 0 Å². The number of aliphatic hydroxyl groups is 1. The maximum atomic E-state index is 11.9. The molecule has 3 aromatic rings. The van der Waals surface area contributed by atoms with Gasteiger partial charge < -0.3 is 15.2 Å². The Morgan fingerprint density at radius 3 is 2.69 bits per heavy atom. The maximum absolute atomic E-state index is 11.9. The van der Waals surface area contributed by atoms with Crippen molar-refractivity contribution in [3.8, 4) is 17.0 Å². The van der Waals surface area contributed by atoms with Gasteiger partial charge in [0.05, 0.1) is 17.8 Å². The van der Waals surface area contributed by atoms with E-state index in [1.165, 1.54) is 0 Å². The summed E-state index contributed by atoms with van der Waals surface area (Å²) in [6.45, 7) is 2.38. The summed E-state index contributed by atoms with van der Waals surface area (Å²) < 4.78 is 5.42. The van der Waals surface area contributed by atoms with Gasteiger partial charge in [-0.25, -0.2) is 4.98 Å². The van der Waals surface area contributed by atoms with Crippen LogP contribution >= 0.6 is 0 Å². The van der Waals surface area contributed by atoms with Gasteiger partial charge in [-0.3, -0.25) is 4.79 Å². The summed E-state index contributed by atoms with van der Waals surface area (Å²) in [4.78, 5) is 16.8. The Morgan fingerprint density at radius 2 is 1.97 bits per heavy atom. The average molecular weight is 390 g/mol. The van der Waals surface area contributed by atoms with E-state index in [9.17, 15) is 4.79 Å². The number of aryl methyl sites for hydroxylation is 2. The predicted molar refractivity (Wildman–Crippen MR) is 114 cm³/mol. The first-order chi connectivity index (χ1) is 14.1. The van der Waals surface area contributed by atoms with Crippen LogP contribution in [0.1, 0.15) is 30.4 Å². The van der Waals surface area contributed by atoms with Gasteiger partial charge >= 0.3 is 0 Å². The molecule has 0 spiro atoms. The van der Waals surface area contributed by atoms with Gasteiger partial charge in [0.1, 0.15) is 12.4 Å². The molecule has 29 heavy (non-hydrogen) atoms. The molecule has 2 N–H and O–H groups in total. The molecule has 0 radical (unpaired) electrons. The van der Waals surface area contributed by atoms with E-state index in [0.717, 1.165) is 58.3 Å². The van der Waals surface area contributed by atoms with E-state index in [0.29, 0.717) is 12.5 Å². The number of carbonyl (C=O) groups excluding carboxylic acids is 1.